The summed E-state index contributed by atoms with van der Waals surface area (Å²) < 4.78 is 28.2. The Balaban J connectivity index is 3.05. The van der Waals surface area contributed by atoms with E-state index >= 15 is 0 Å². The predicted octanol–water partition coefficient (Wildman–Crippen LogP) is 2.83. The van der Waals surface area contributed by atoms with Crippen molar-refractivity contribution >= 4 is 8.80 Å². The van der Waals surface area contributed by atoms with Crippen molar-refractivity contribution in [3.05, 3.63) is 23.8 Å². The van der Waals surface area contributed by atoms with Gasteiger partial charge in [-0.3, -0.25) is 0 Å². The van der Waals surface area contributed by atoms with Crippen LogP contribution in [0.1, 0.15) is 26.3 Å². The molecule has 0 bridgehead atoms. The van der Waals surface area contributed by atoms with Crippen LogP contribution < -0.4 is 9.47 Å². The second kappa shape index (κ2) is 9.04. The maximum absolute atomic E-state index is 5.87. The lowest BCUT2D eigenvalue weighted by molar-refractivity contribution is 0.0704. The summed E-state index contributed by atoms with van der Waals surface area (Å²) in [5.41, 5.74) is 1.02. The minimum absolute atomic E-state index is 0.563. The standard InChI is InChI=1S/C15H26O5Si/c1-6-18-21(19-7-2,20-8-3)12-13-9-14(16-4)11-15(10-13)17-5/h9-11H,6-8,12H2,1-5H3. The summed E-state index contributed by atoms with van der Waals surface area (Å²) in [4.78, 5) is 0. The number of ether oxygens (including phenoxy) is 2. The van der Waals surface area contributed by atoms with Crippen molar-refractivity contribution in [1.82, 2.24) is 0 Å². The van der Waals surface area contributed by atoms with Crippen LogP contribution in [-0.4, -0.2) is 42.8 Å². The smallest absolute Gasteiger partial charge is 0.497 e. The molecule has 0 radical (unpaired) electrons. The highest BCUT2D eigenvalue weighted by Gasteiger charge is 2.40. The van der Waals surface area contributed by atoms with Crippen LogP contribution in [0, 0.1) is 0 Å². The summed E-state index contributed by atoms with van der Waals surface area (Å²) in [5.74, 6) is 1.49. The molecule has 6 heteroatoms. The van der Waals surface area contributed by atoms with E-state index in [2.05, 4.69) is 0 Å². The van der Waals surface area contributed by atoms with Crippen molar-refractivity contribution in [2.45, 2.75) is 26.8 Å². The van der Waals surface area contributed by atoms with Crippen molar-refractivity contribution < 1.29 is 22.8 Å². The molecular weight excluding hydrogens is 288 g/mol. The molecule has 0 fully saturated rings. The maximum Gasteiger partial charge on any atom is 0.505 e. The SMILES string of the molecule is CCO[Si](Cc1cc(OC)cc(OC)c1)(OCC)OCC. The Morgan fingerprint density at radius 2 is 1.19 bits per heavy atom. The van der Waals surface area contributed by atoms with E-state index in [4.69, 9.17) is 22.8 Å². The summed E-state index contributed by atoms with van der Waals surface area (Å²) >= 11 is 0. The molecule has 0 aromatic heterocycles. The molecular formula is C15H26O5Si. The Morgan fingerprint density at radius 1 is 0.762 bits per heavy atom. The zero-order valence-electron chi connectivity index (χ0n) is 13.6. The summed E-state index contributed by atoms with van der Waals surface area (Å²) in [5, 5.41) is 0. The molecule has 0 saturated carbocycles. The van der Waals surface area contributed by atoms with E-state index in [1.165, 1.54) is 0 Å². The number of hydrogen-bond acceptors (Lipinski definition) is 5. The third-order valence-electron chi connectivity index (χ3n) is 2.92. The minimum Gasteiger partial charge on any atom is -0.497 e. The molecule has 5 nitrogen and oxygen atoms in total. The van der Waals surface area contributed by atoms with E-state index in [0.29, 0.717) is 25.9 Å². The van der Waals surface area contributed by atoms with Crippen molar-refractivity contribution in [1.29, 1.82) is 0 Å². The molecule has 0 unspecified atom stereocenters. The van der Waals surface area contributed by atoms with Gasteiger partial charge in [0.15, 0.2) is 0 Å². The Hall–Kier alpha value is -1.08. The Bertz CT molecular complexity index is 385. The number of hydrogen-bond donors (Lipinski definition) is 0. The second-order valence-corrected chi connectivity index (χ2v) is 6.97. The van der Waals surface area contributed by atoms with Crippen LogP contribution in [0.15, 0.2) is 18.2 Å². The normalized spacial score (nSPS) is 11.5. The highest BCUT2D eigenvalue weighted by molar-refractivity contribution is 6.60. The summed E-state index contributed by atoms with van der Waals surface area (Å²) in [6, 6.07) is 6.35. The van der Waals surface area contributed by atoms with Crippen LogP contribution in [0.5, 0.6) is 11.5 Å². The fourth-order valence-corrected chi connectivity index (χ4v) is 4.74. The molecule has 0 N–H and O–H groups in total. The Morgan fingerprint density at radius 3 is 1.52 bits per heavy atom. The van der Waals surface area contributed by atoms with Gasteiger partial charge in [-0.25, -0.2) is 0 Å². The van der Waals surface area contributed by atoms with Gasteiger partial charge in [-0.2, -0.15) is 0 Å². The van der Waals surface area contributed by atoms with Gasteiger partial charge in [0.1, 0.15) is 11.5 Å². The van der Waals surface area contributed by atoms with E-state index in [0.717, 1.165) is 17.1 Å². The van der Waals surface area contributed by atoms with Crippen molar-refractivity contribution in [3.8, 4) is 11.5 Å². The van der Waals surface area contributed by atoms with E-state index in [-0.39, 0.29) is 0 Å². The molecule has 1 aromatic rings. The van der Waals surface area contributed by atoms with E-state index in [9.17, 15) is 0 Å². The first-order valence-electron chi connectivity index (χ1n) is 7.26. The van der Waals surface area contributed by atoms with Gasteiger partial charge in [-0.15, -0.1) is 0 Å². The van der Waals surface area contributed by atoms with Crippen LogP contribution in [0.4, 0.5) is 0 Å². The first kappa shape index (κ1) is 18.0. The summed E-state index contributed by atoms with van der Waals surface area (Å²) in [6.07, 6.45) is 0. The van der Waals surface area contributed by atoms with Gasteiger partial charge in [-0.05, 0) is 38.5 Å². The molecule has 21 heavy (non-hydrogen) atoms. The summed E-state index contributed by atoms with van der Waals surface area (Å²) in [7, 11) is 0.553. The molecule has 0 amide bonds. The van der Waals surface area contributed by atoms with Gasteiger partial charge in [0.2, 0.25) is 0 Å². The lowest BCUT2D eigenvalue weighted by atomic mass is 10.2. The average Bonchev–Trinajstić information content (AvgIpc) is 2.47. The van der Waals surface area contributed by atoms with Crippen molar-refractivity contribution in [2.75, 3.05) is 34.0 Å². The van der Waals surface area contributed by atoms with Gasteiger partial charge in [0.05, 0.1) is 14.2 Å². The van der Waals surface area contributed by atoms with E-state index in [1.54, 1.807) is 14.2 Å². The van der Waals surface area contributed by atoms with Crippen molar-refractivity contribution in [2.24, 2.45) is 0 Å². The number of rotatable bonds is 10. The number of benzene rings is 1. The third kappa shape index (κ3) is 5.31. The fraction of sp³-hybridized carbons (Fsp3) is 0.600. The predicted molar refractivity (Wildman–Crippen MR) is 83.9 cm³/mol. The van der Waals surface area contributed by atoms with Crippen LogP contribution in [0.2, 0.25) is 0 Å². The van der Waals surface area contributed by atoms with Crippen LogP contribution in [0.3, 0.4) is 0 Å². The van der Waals surface area contributed by atoms with Crippen molar-refractivity contribution in [3.63, 3.8) is 0 Å². The van der Waals surface area contributed by atoms with Crippen LogP contribution in [-0.2, 0) is 19.3 Å². The molecule has 1 rings (SSSR count). The molecule has 120 valence electrons. The zero-order chi connectivity index (χ0) is 15.7. The molecule has 0 heterocycles. The fourth-order valence-electron chi connectivity index (χ4n) is 2.16. The van der Waals surface area contributed by atoms with E-state index < -0.39 is 8.80 Å². The van der Waals surface area contributed by atoms with Gasteiger partial charge in [0, 0.05) is 31.9 Å². The van der Waals surface area contributed by atoms with Crippen LogP contribution in [0.25, 0.3) is 0 Å². The molecule has 0 aliphatic heterocycles. The van der Waals surface area contributed by atoms with Gasteiger partial charge >= 0.3 is 8.80 Å². The highest BCUT2D eigenvalue weighted by atomic mass is 28.4. The topological polar surface area (TPSA) is 46.2 Å². The quantitative estimate of drug-likeness (QED) is 0.621. The van der Waals surface area contributed by atoms with Gasteiger partial charge in [0.25, 0.3) is 0 Å². The average molecular weight is 314 g/mol. The van der Waals surface area contributed by atoms with E-state index in [1.807, 2.05) is 39.0 Å². The molecule has 1 aromatic carbocycles. The molecule has 0 saturated heterocycles. The Labute approximate surface area is 128 Å². The molecule has 0 atom stereocenters. The monoisotopic (exact) mass is 314 g/mol. The molecule has 0 spiro atoms. The first-order chi connectivity index (χ1) is 10.1. The highest BCUT2D eigenvalue weighted by Crippen LogP contribution is 2.26. The van der Waals surface area contributed by atoms with Gasteiger partial charge in [-0.1, -0.05) is 0 Å². The second-order valence-electron chi connectivity index (χ2n) is 4.38. The maximum atomic E-state index is 5.87. The van der Waals surface area contributed by atoms with Crippen LogP contribution >= 0.6 is 0 Å². The zero-order valence-corrected chi connectivity index (χ0v) is 14.6. The molecule has 0 aliphatic carbocycles. The Kier molecular flexibility index (Phi) is 7.74. The first-order valence-corrected chi connectivity index (χ1v) is 9.20. The lowest BCUT2D eigenvalue weighted by Crippen LogP contribution is -2.48. The third-order valence-corrected chi connectivity index (χ3v) is 5.95. The lowest BCUT2D eigenvalue weighted by Gasteiger charge is -2.28. The number of methoxy groups -OCH3 is 2. The summed E-state index contributed by atoms with van der Waals surface area (Å²) in [6.45, 7) is 7.54. The minimum atomic E-state index is -2.72. The van der Waals surface area contributed by atoms with Gasteiger partial charge < -0.3 is 22.8 Å². The largest absolute Gasteiger partial charge is 0.505 e. The molecule has 0 aliphatic rings.